The van der Waals surface area contributed by atoms with Gasteiger partial charge in [0.05, 0.1) is 0 Å². The first-order valence-electron chi connectivity index (χ1n) is 3.50. The van der Waals surface area contributed by atoms with Gasteiger partial charge in [-0.2, -0.15) is 0 Å². The summed E-state index contributed by atoms with van der Waals surface area (Å²) in [5.41, 5.74) is 1.17. The monoisotopic (exact) mass is 140 g/mol. The van der Waals surface area contributed by atoms with Gasteiger partial charge in [0.2, 0.25) is 0 Å². The standard InChI is InChI=1S/C4H8.C4H6.C2H6/c1-4(2)3;1-3-4-2;1-2/h1H2,2-3H3;3-4H,1-2H2;1-2H3. The second-order valence-electron chi connectivity index (χ2n) is 1.68. The maximum absolute atomic E-state index is 3.56. The molecule has 60 valence electrons. The topological polar surface area (TPSA) is 0 Å². The molecule has 0 aliphatic heterocycles. The first-order chi connectivity index (χ1) is 4.65. The summed E-state index contributed by atoms with van der Waals surface area (Å²) < 4.78 is 0. The van der Waals surface area contributed by atoms with E-state index in [1.54, 1.807) is 12.2 Å². The maximum Gasteiger partial charge on any atom is -0.0445 e. The third-order valence-corrected chi connectivity index (χ3v) is 0.167. The van der Waals surface area contributed by atoms with Gasteiger partial charge in [-0.25, -0.2) is 0 Å². The van der Waals surface area contributed by atoms with Crippen LogP contribution in [0.3, 0.4) is 0 Å². The van der Waals surface area contributed by atoms with Crippen molar-refractivity contribution in [2.45, 2.75) is 27.7 Å². The number of hydrogen-bond acceptors (Lipinski definition) is 0. The minimum atomic E-state index is 1.17. The smallest absolute Gasteiger partial charge is 0.0445 e. The van der Waals surface area contributed by atoms with E-state index in [1.165, 1.54) is 5.57 Å². The zero-order valence-corrected chi connectivity index (χ0v) is 7.78. The first kappa shape index (κ1) is 16.1. The summed E-state index contributed by atoms with van der Waals surface area (Å²) in [7, 11) is 0. The fourth-order valence-corrected chi connectivity index (χ4v) is 0. The molecule has 0 spiro atoms. The Hall–Kier alpha value is -0.780. The van der Waals surface area contributed by atoms with Crippen molar-refractivity contribution in [2.24, 2.45) is 0 Å². The zero-order chi connectivity index (χ0) is 8.99. The molecule has 0 aromatic rings. The van der Waals surface area contributed by atoms with Crippen LogP contribution in [0.15, 0.2) is 37.5 Å². The molecule has 0 N–H and O–H groups in total. The van der Waals surface area contributed by atoms with Crippen molar-refractivity contribution in [1.29, 1.82) is 0 Å². The molecule has 0 aliphatic rings. The first-order valence-corrected chi connectivity index (χ1v) is 3.50. The quantitative estimate of drug-likeness (QED) is 0.382. The average molecular weight is 140 g/mol. The van der Waals surface area contributed by atoms with Crippen molar-refractivity contribution in [3.05, 3.63) is 37.5 Å². The van der Waals surface area contributed by atoms with Gasteiger partial charge in [-0.1, -0.05) is 44.7 Å². The summed E-state index contributed by atoms with van der Waals surface area (Å²) in [6, 6.07) is 0. The molecule has 0 radical (unpaired) electrons. The summed E-state index contributed by atoms with van der Waals surface area (Å²) in [6.07, 6.45) is 3.28. The summed E-state index contributed by atoms with van der Waals surface area (Å²) in [5.74, 6) is 0. The molecule has 0 rings (SSSR count). The molecule has 0 nitrogen and oxygen atoms in total. The molecular formula is C10H20. The lowest BCUT2D eigenvalue weighted by atomic mass is 10.4. The molecule has 0 aliphatic carbocycles. The fourth-order valence-electron chi connectivity index (χ4n) is 0. The Kier molecular flexibility index (Phi) is 38.7. The molecule has 0 heterocycles. The third-order valence-electron chi connectivity index (χ3n) is 0.167. The van der Waals surface area contributed by atoms with Crippen molar-refractivity contribution in [2.75, 3.05) is 0 Å². The van der Waals surface area contributed by atoms with E-state index in [2.05, 4.69) is 19.7 Å². The molecule has 0 aromatic carbocycles. The molecule has 0 bridgehead atoms. The SMILES string of the molecule is C=C(C)C.C=CC=C.CC. The van der Waals surface area contributed by atoms with Gasteiger partial charge >= 0.3 is 0 Å². The van der Waals surface area contributed by atoms with E-state index in [0.29, 0.717) is 0 Å². The van der Waals surface area contributed by atoms with Gasteiger partial charge in [0.25, 0.3) is 0 Å². The lowest BCUT2D eigenvalue weighted by Crippen LogP contribution is -1.43. The summed E-state index contributed by atoms with van der Waals surface area (Å²) in [5, 5.41) is 0. The molecule has 0 amide bonds. The molecule has 0 saturated heterocycles. The summed E-state index contributed by atoms with van der Waals surface area (Å²) in [4.78, 5) is 0. The van der Waals surface area contributed by atoms with Crippen LogP contribution in [0.25, 0.3) is 0 Å². The van der Waals surface area contributed by atoms with Gasteiger partial charge in [0.1, 0.15) is 0 Å². The van der Waals surface area contributed by atoms with Crippen LogP contribution >= 0.6 is 0 Å². The van der Waals surface area contributed by atoms with Crippen LogP contribution < -0.4 is 0 Å². The van der Waals surface area contributed by atoms with Gasteiger partial charge in [0.15, 0.2) is 0 Å². The highest BCUT2D eigenvalue weighted by molar-refractivity contribution is 4.88. The average Bonchev–Trinajstić information content (AvgIpc) is 1.91. The number of rotatable bonds is 1. The molecule has 0 fully saturated rings. The van der Waals surface area contributed by atoms with Gasteiger partial charge in [-0.3, -0.25) is 0 Å². The highest BCUT2D eigenvalue weighted by Gasteiger charge is 1.51. The highest BCUT2D eigenvalue weighted by atomic mass is 13.6. The van der Waals surface area contributed by atoms with E-state index >= 15 is 0 Å². The van der Waals surface area contributed by atoms with Crippen LogP contribution in [0.1, 0.15) is 27.7 Å². The Morgan fingerprint density at radius 2 is 1.10 bits per heavy atom. The second-order valence-corrected chi connectivity index (χ2v) is 1.68. The minimum Gasteiger partial charge on any atom is -0.100 e. The van der Waals surface area contributed by atoms with Crippen LogP contribution in [-0.2, 0) is 0 Å². The number of hydrogen-bond donors (Lipinski definition) is 0. The highest BCUT2D eigenvalue weighted by Crippen LogP contribution is 1.73. The molecule has 0 atom stereocenters. The Morgan fingerprint density at radius 1 is 1.00 bits per heavy atom. The third kappa shape index (κ3) is 5770. The molecule has 0 heteroatoms. The van der Waals surface area contributed by atoms with Gasteiger partial charge < -0.3 is 0 Å². The summed E-state index contributed by atoms with van der Waals surface area (Å²) >= 11 is 0. The maximum atomic E-state index is 3.56. The normalized spacial score (nSPS) is 5.20. The van der Waals surface area contributed by atoms with E-state index in [-0.39, 0.29) is 0 Å². The minimum absolute atomic E-state index is 1.17. The van der Waals surface area contributed by atoms with E-state index in [0.717, 1.165) is 0 Å². The van der Waals surface area contributed by atoms with Crippen LogP contribution in [0.2, 0.25) is 0 Å². The van der Waals surface area contributed by atoms with Crippen molar-refractivity contribution in [3.63, 3.8) is 0 Å². The molecule has 0 saturated carbocycles. The predicted octanol–water partition coefficient (Wildman–Crippen LogP) is 3.97. The molecule has 0 unspecified atom stereocenters. The van der Waals surface area contributed by atoms with Gasteiger partial charge in [-0.05, 0) is 13.8 Å². The number of allylic oxidation sites excluding steroid dienone is 3. The van der Waals surface area contributed by atoms with E-state index in [4.69, 9.17) is 0 Å². The Morgan fingerprint density at radius 3 is 1.10 bits per heavy atom. The largest absolute Gasteiger partial charge is 0.100 e. The molecule has 0 aromatic heterocycles. The zero-order valence-electron chi connectivity index (χ0n) is 7.78. The van der Waals surface area contributed by atoms with Crippen LogP contribution in [0, 0.1) is 0 Å². The van der Waals surface area contributed by atoms with Crippen LogP contribution in [-0.4, -0.2) is 0 Å². The molecular weight excluding hydrogens is 120 g/mol. The predicted molar refractivity (Wildman–Crippen MR) is 52.2 cm³/mol. The van der Waals surface area contributed by atoms with Gasteiger partial charge in [-0.15, -0.1) is 6.58 Å². The van der Waals surface area contributed by atoms with E-state index < -0.39 is 0 Å². The van der Waals surface area contributed by atoms with Crippen molar-refractivity contribution < 1.29 is 0 Å². The van der Waals surface area contributed by atoms with E-state index in [1.807, 2.05) is 27.7 Å². The fraction of sp³-hybridized carbons (Fsp3) is 0.400. The van der Waals surface area contributed by atoms with Gasteiger partial charge in [0, 0.05) is 0 Å². The lowest BCUT2D eigenvalue weighted by Gasteiger charge is -1.65. The van der Waals surface area contributed by atoms with Crippen molar-refractivity contribution in [3.8, 4) is 0 Å². The Balaban J connectivity index is -0.0000000787. The van der Waals surface area contributed by atoms with Crippen molar-refractivity contribution >= 4 is 0 Å². The lowest BCUT2D eigenvalue weighted by molar-refractivity contribution is 1.42. The Labute approximate surface area is 66.0 Å². The Bertz CT molecular complexity index is 68.0. The van der Waals surface area contributed by atoms with Crippen LogP contribution in [0.5, 0.6) is 0 Å². The van der Waals surface area contributed by atoms with Crippen molar-refractivity contribution in [1.82, 2.24) is 0 Å². The second kappa shape index (κ2) is 24.1. The summed E-state index contributed by atoms with van der Waals surface area (Å²) in [6.45, 7) is 18.2. The van der Waals surface area contributed by atoms with Crippen LogP contribution in [0.4, 0.5) is 0 Å². The molecule has 10 heavy (non-hydrogen) atoms. The van der Waals surface area contributed by atoms with E-state index in [9.17, 15) is 0 Å².